The summed E-state index contributed by atoms with van der Waals surface area (Å²) in [6.07, 6.45) is 1.16. The molecular weight excluding hydrogens is 140 g/mol. The van der Waals surface area contributed by atoms with E-state index in [1.54, 1.807) is 0 Å². The smallest absolute Gasteiger partial charge is 0.134 e. The van der Waals surface area contributed by atoms with Crippen molar-refractivity contribution in [3.63, 3.8) is 0 Å². The molecule has 64 valence electrons. The van der Waals surface area contributed by atoms with Crippen LogP contribution in [0.25, 0.3) is 0 Å². The van der Waals surface area contributed by atoms with Gasteiger partial charge < -0.3 is 15.3 Å². The Labute approximate surface area is 67.4 Å². The van der Waals surface area contributed by atoms with Crippen LogP contribution in [-0.4, -0.2) is 48.4 Å². The molecule has 2 aliphatic rings. The normalized spacial score (nSPS) is 55.4. The van der Waals surface area contributed by atoms with Gasteiger partial charge in [0.2, 0.25) is 0 Å². The van der Waals surface area contributed by atoms with Gasteiger partial charge in [-0.15, -0.1) is 0 Å². The first-order chi connectivity index (χ1) is 5.08. The number of quaternary nitrogens is 1. The molecule has 0 aromatic heterocycles. The van der Waals surface area contributed by atoms with Crippen LogP contribution >= 0.6 is 0 Å². The molecule has 3 heteroatoms. The SMILES string of the molecule is C[N@+]12CC[C@H](C1)[C@](O)(CN)C2. The monoisotopic (exact) mass is 157 g/mol. The van der Waals surface area contributed by atoms with E-state index in [1.165, 1.54) is 6.54 Å². The lowest BCUT2D eigenvalue weighted by Gasteiger charge is -2.33. The highest BCUT2D eigenvalue weighted by Gasteiger charge is 2.56. The summed E-state index contributed by atoms with van der Waals surface area (Å²) >= 11 is 0. The summed E-state index contributed by atoms with van der Waals surface area (Å²) in [6, 6.07) is 0. The lowest BCUT2D eigenvalue weighted by atomic mass is 9.88. The van der Waals surface area contributed by atoms with Crippen molar-refractivity contribution in [2.45, 2.75) is 12.0 Å². The van der Waals surface area contributed by atoms with Crippen LogP contribution in [0.2, 0.25) is 0 Å². The number of nitrogens with zero attached hydrogens (tertiary/aromatic N) is 1. The van der Waals surface area contributed by atoms with Crippen molar-refractivity contribution in [3.8, 4) is 0 Å². The molecule has 0 aromatic rings. The summed E-state index contributed by atoms with van der Waals surface area (Å²) in [5.41, 5.74) is 5.02. The van der Waals surface area contributed by atoms with Gasteiger partial charge in [-0.1, -0.05) is 0 Å². The molecule has 0 saturated carbocycles. The molecule has 2 rings (SSSR count). The lowest BCUT2D eigenvalue weighted by Crippen LogP contribution is -2.53. The number of aliphatic hydroxyl groups is 1. The van der Waals surface area contributed by atoms with E-state index in [9.17, 15) is 5.11 Å². The fourth-order valence-corrected chi connectivity index (χ4v) is 2.79. The highest BCUT2D eigenvalue weighted by Crippen LogP contribution is 2.40. The third-order valence-corrected chi connectivity index (χ3v) is 3.45. The second-order valence-corrected chi connectivity index (χ2v) is 4.48. The highest BCUT2D eigenvalue weighted by molar-refractivity contribution is 4.95. The minimum absolute atomic E-state index is 0.436. The maximum absolute atomic E-state index is 10.0. The Bertz CT molecular complexity index is 185. The third kappa shape index (κ3) is 0.916. The van der Waals surface area contributed by atoms with Crippen LogP contribution in [0.5, 0.6) is 0 Å². The summed E-state index contributed by atoms with van der Waals surface area (Å²) < 4.78 is 1.04. The molecule has 2 bridgehead atoms. The van der Waals surface area contributed by atoms with Gasteiger partial charge in [0.15, 0.2) is 0 Å². The predicted molar refractivity (Wildman–Crippen MR) is 42.9 cm³/mol. The predicted octanol–water partition coefficient (Wildman–Crippen LogP) is -0.844. The molecule has 0 amide bonds. The maximum Gasteiger partial charge on any atom is 0.134 e. The Morgan fingerprint density at radius 1 is 1.73 bits per heavy atom. The minimum Gasteiger partial charge on any atom is -0.382 e. The van der Waals surface area contributed by atoms with Gasteiger partial charge in [0.1, 0.15) is 12.1 Å². The van der Waals surface area contributed by atoms with Gasteiger partial charge in [-0.3, -0.25) is 0 Å². The largest absolute Gasteiger partial charge is 0.382 e. The van der Waals surface area contributed by atoms with Gasteiger partial charge in [0.25, 0.3) is 0 Å². The van der Waals surface area contributed by atoms with E-state index in [4.69, 9.17) is 5.73 Å². The first-order valence-corrected chi connectivity index (χ1v) is 4.34. The number of hydrogen-bond donors (Lipinski definition) is 2. The Morgan fingerprint density at radius 2 is 2.45 bits per heavy atom. The topological polar surface area (TPSA) is 46.2 Å². The first kappa shape index (κ1) is 7.53. The lowest BCUT2D eigenvalue weighted by molar-refractivity contribution is -0.893. The molecule has 2 aliphatic heterocycles. The van der Waals surface area contributed by atoms with Crippen LogP contribution in [0.15, 0.2) is 0 Å². The van der Waals surface area contributed by atoms with Crippen LogP contribution in [0.1, 0.15) is 6.42 Å². The molecule has 3 N–H and O–H groups in total. The van der Waals surface area contributed by atoms with E-state index in [-0.39, 0.29) is 0 Å². The third-order valence-electron chi connectivity index (χ3n) is 3.45. The van der Waals surface area contributed by atoms with E-state index in [2.05, 4.69) is 7.05 Å². The Kier molecular flexibility index (Phi) is 1.35. The summed E-state index contributed by atoms with van der Waals surface area (Å²) in [4.78, 5) is 0. The van der Waals surface area contributed by atoms with Crippen molar-refractivity contribution in [1.82, 2.24) is 0 Å². The first-order valence-electron chi connectivity index (χ1n) is 4.34. The molecular formula is C8H17N2O+. The number of fused-ring (bicyclic) bond motifs is 2. The number of nitrogens with two attached hydrogens (primary N) is 1. The highest BCUT2D eigenvalue weighted by atomic mass is 16.3. The van der Waals surface area contributed by atoms with E-state index in [0.717, 1.165) is 24.0 Å². The van der Waals surface area contributed by atoms with Crippen LogP contribution in [0.3, 0.4) is 0 Å². The van der Waals surface area contributed by atoms with Crippen LogP contribution in [0.4, 0.5) is 0 Å². The molecule has 0 unspecified atom stereocenters. The minimum atomic E-state index is -0.535. The van der Waals surface area contributed by atoms with Crippen molar-refractivity contribution in [2.24, 2.45) is 11.7 Å². The average Bonchev–Trinajstić information content (AvgIpc) is 2.41. The zero-order chi connectivity index (χ0) is 8.11. The maximum atomic E-state index is 10.0. The quantitative estimate of drug-likeness (QED) is 0.487. The molecule has 0 spiro atoms. The second kappa shape index (κ2) is 1.97. The number of hydrogen-bond acceptors (Lipinski definition) is 2. The van der Waals surface area contributed by atoms with Crippen LogP contribution in [-0.2, 0) is 0 Å². The fraction of sp³-hybridized carbons (Fsp3) is 1.00. The van der Waals surface area contributed by atoms with Gasteiger partial charge in [-0.2, -0.15) is 0 Å². The molecule has 3 atom stereocenters. The molecule has 2 saturated heterocycles. The summed E-state index contributed by atoms with van der Waals surface area (Å²) in [6.45, 7) is 3.67. The van der Waals surface area contributed by atoms with E-state index >= 15 is 0 Å². The van der Waals surface area contributed by atoms with Gasteiger partial charge >= 0.3 is 0 Å². The summed E-state index contributed by atoms with van der Waals surface area (Å²) in [5, 5.41) is 10.0. The second-order valence-electron chi connectivity index (χ2n) is 4.48. The van der Waals surface area contributed by atoms with Crippen LogP contribution < -0.4 is 5.73 Å². The van der Waals surface area contributed by atoms with Crippen molar-refractivity contribution < 1.29 is 9.59 Å². The van der Waals surface area contributed by atoms with E-state index in [0.29, 0.717) is 12.5 Å². The van der Waals surface area contributed by atoms with Crippen molar-refractivity contribution in [1.29, 1.82) is 0 Å². The Hall–Kier alpha value is -0.120. The van der Waals surface area contributed by atoms with E-state index in [1.807, 2.05) is 0 Å². The van der Waals surface area contributed by atoms with Gasteiger partial charge in [-0.05, 0) is 0 Å². The number of rotatable bonds is 1. The molecule has 2 fully saturated rings. The van der Waals surface area contributed by atoms with Crippen molar-refractivity contribution in [2.75, 3.05) is 33.2 Å². The van der Waals surface area contributed by atoms with Gasteiger partial charge in [0.05, 0.1) is 20.1 Å². The number of likely N-dealkylation sites (N-methyl/N-ethyl adjacent to an activating group) is 1. The summed E-state index contributed by atoms with van der Waals surface area (Å²) in [5.74, 6) is 0.470. The average molecular weight is 157 g/mol. The molecule has 2 heterocycles. The zero-order valence-corrected chi connectivity index (χ0v) is 7.08. The molecule has 0 aromatic carbocycles. The number of piperidine rings is 1. The Morgan fingerprint density at radius 3 is 2.73 bits per heavy atom. The Balaban J connectivity index is 2.21. The molecule has 11 heavy (non-hydrogen) atoms. The van der Waals surface area contributed by atoms with Crippen LogP contribution in [0, 0.1) is 5.92 Å². The van der Waals surface area contributed by atoms with Crippen molar-refractivity contribution in [3.05, 3.63) is 0 Å². The van der Waals surface area contributed by atoms with Crippen molar-refractivity contribution >= 4 is 0 Å². The zero-order valence-electron chi connectivity index (χ0n) is 7.08. The van der Waals surface area contributed by atoms with E-state index < -0.39 is 5.60 Å². The standard InChI is InChI=1S/C8H17N2O/c1-10-3-2-7(4-10)8(11,5-9)6-10/h7,11H,2-6,9H2,1H3/q+1/t7-,8+,10+/m1/s1. The van der Waals surface area contributed by atoms with Gasteiger partial charge in [0, 0.05) is 18.9 Å². The molecule has 0 radical (unpaired) electrons. The molecule has 0 aliphatic carbocycles. The summed E-state index contributed by atoms with van der Waals surface area (Å²) in [7, 11) is 2.22. The fourth-order valence-electron chi connectivity index (χ4n) is 2.79. The molecule has 3 nitrogen and oxygen atoms in total. The van der Waals surface area contributed by atoms with Gasteiger partial charge in [-0.25, -0.2) is 0 Å².